The molecule has 1 unspecified atom stereocenters. The van der Waals surface area contributed by atoms with E-state index in [2.05, 4.69) is 26.1 Å². The lowest BCUT2D eigenvalue weighted by Gasteiger charge is -2.08. The molecule has 2 heterocycles. The van der Waals surface area contributed by atoms with Crippen LogP contribution in [0.3, 0.4) is 0 Å². The van der Waals surface area contributed by atoms with E-state index in [1.165, 1.54) is 0 Å². The first kappa shape index (κ1) is 10.8. The van der Waals surface area contributed by atoms with E-state index < -0.39 is 15.1 Å². The molecule has 1 atom stereocenters. The van der Waals surface area contributed by atoms with E-state index in [-0.39, 0.29) is 11.6 Å². The highest BCUT2D eigenvalue weighted by atomic mass is 79.9. The standard InChI is InChI=1S/C8H10BrN3O2S/c9-5-4-6(11-12-8(5)10)7-2-1-3-15(7,13)14/h4,7H,1-3H2,(H2,10,12). The van der Waals surface area contributed by atoms with Crippen molar-refractivity contribution in [2.24, 2.45) is 0 Å². The van der Waals surface area contributed by atoms with Gasteiger partial charge < -0.3 is 5.73 Å². The smallest absolute Gasteiger partial charge is 0.160 e. The number of halogens is 1. The van der Waals surface area contributed by atoms with Gasteiger partial charge in [-0.05, 0) is 34.8 Å². The van der Waals surface area contributed by atoms with Crippen molar-refractivity contribution < 1.29 is 8.42 Å². The average Bonchev–Trinajstić information content (AvgIpc) is 2.50. The minimum atomic E-state index is -3.03. The predicted molar refractivity (Wildman–Crippen MR) is 59.9 cm³/mol. The normalized spacial score (nSPS) is 24.2. The molecule has 0 radical (unpaired) electrons. The molecule has 0 aliphatic carbocycles. The van der Waals surface area contributed by atoms with Crippen molar-refractivity contribution in [1.29, 1.82) is 0 Å². The molecule has 7 heteroatoms. The van der Waals surface area contributed by atoms with Gasteiger partial charge in [0.2, 0.25) is 0 Å². The van der Waals surface area contributed by atoms with Gasteiger partial charge in [-0.1, -0.05) is 0 Å². The van der Waals surface area contributed by atoms with E-state index in [1.54, 1.807) is 6.07 Å². The van der Waals surface area contributed by atoms with Crippen LogP contribution in [0, 0.1) is 0 Å². The second kappa shape index (κ2) is 3.71. The summed E-state index contributed by atoms with van der Waals surface area (Å²) < 4.78 is 23.9. The van der Waals surface area contributed by atoms with Crippen molar-refractivity contribution in [1.82, 2.24) is 10.2 Å². The molecule has 2 N–H and O–H groups in total. The Hall–Kier alpha value is -0.690. The number of nitrogens with two attached hydrogens (primary N) is 1. The Kier molecular flexibility index (Phi) is 2.68. The number of aromatic nitrogens is 2. The lowest BCUT2D eigenvalue weighted by atomic mass is 10.2. The molecule has 0 saturated carbocycles. The first-order valence-electron chi connectivity index (χ1n) is 4.51. The van der Waals surface area contributed by atoms with Gasteiger partial charge >= 0.3 is 0 Å². The lowest BCUT2D eigenvalue weighted by Crippen LogP contribution is -2.11. The van der Waals surface area contributed by atoms with Crippen LogP contribution in [-0.4, -0.2) is 24.4 Å². The molecular formula is C8H10BrN3O2S. The number of hydrogen-bond acceptors (Lipinski definition) is 5. The highest BCUT2D eigenvalue weighted by Gasteiger charge is 2.34. The van der Waals surface area contributed by atoms with Gasteiger partial charge in [0.1, 0.15) is 5.25 Å². The topological polar surface area (TPSA) is 85.9 Å². The number of rotatable bonds is 1. The molecular weight excluding hydrogens is 282 g/mol. The molecule has 0 amide bonds. The number of nitrogen functional groups attached to an aromatic ring is 1. The van der Waals surface area contributed by atoms with Gasteiger partial charge in [0, 0.05) is 0 Å². The Labute approximate surface area is 96.1 Å². The lowest BCUT2D eigenvalue weighted by molar-refractivity contribution is 0.590. The van der Waals surface area contributed by atoms with Crippen LogP contribution in [0.5, 0.6) is 0 Å². The zero-order chi connectivity index (χ0) is 11.1. The third-order valence-corrected chi connectivity index (χ3v) is 5.29. The van der Waals surface area contributed by atoms with Gasteiger partial charge in [0.05, 0.1) is 15.9 Å². The molecule has 1 fully saturated rings. The van der Waals surface area contributed by atoms with Gasteiger partial charge in [0.15, 0.2) is 15.7 Å². The van der Waals surface area contributed by atoms with Crippen LogP contribution in [0.4, 0.5) is 5.82 Å². The van der Waals surface area contributed by atoms with Crippen LogP contribution >= 0.6 is 15.9 Å². The molecule has 1 aromatic rings. The number of sulfone groups is 1. The summed E-state index contributed by atoms with van der Waals surface area (Å²) in [5, 5.41) is 7.03. The summed E-state index contributed by atoms with van der Waals surface area (Å²) in [6.45, 7) is 0. The molecule has 1 aliphatic rings. The Balaban J connectivity index is 2.42. The summed E-state index contributed by atoms with van der Waals surface area (Å²) in [5.41, 5.74) is 5.97. The van der Waals surface area contributed by atoms with Crippen molar-refractivity contribution in [3.8, 4) is 0 Å². The summed E-state index contributed by atoms with van der Waals surface area (Å²) >= 11 is 3.21. The minimum Gasteiger partial charge on any atom is -0.381 e. The van der Waals surface area contributed by atoms with Crippen LogP contribution in [0.2, 0.25) is 0 Å². The largest absolute Gasteiger partial charge is 0.381 e. The molecule has 0 aromatic carbocycles. The molecule has 1 saturated heterocycles. The number of nitrogens with zero attached hydrogens (tertiary/aromatic N) is 2. The maximum atomic E-state index is 11.6. The van der Waals surface area contributed by atoms with Crippen molar-refractivity contribution in [3.05, 3.63) is 16.2 Å². The van der Waals surface area contributed by atoms with E-state index in [9.17, 15) is 8.42 Å². The molecule has 1 aliphatic heterocycles. The van der Waals surface area contributed by atoms with E-state index in [0.717, 1.165) is 0 Å². The summed E-state index contributed by atoms with van der Waals surface area (Å²) in [5.74, 6) is 0.510. The van der Waals surface area contributed by atoms with Crippen molar-refractivity contribution in [2.45, 2.75) is 18.1 Å². The van der Waals surface area contributed by atoms with E-state index in [0.29, 0.717) is 23.0 Å². The molecule has 2 rings (SSSR count). The first-order valence-corrected chi connectivity index (χ1v) is 7.02. The van der Waals surface area contributed by atoms with Gasteiger partial charge in [-0.15, -0.1) is 5.10 Å². The minimum absolute atomic E-state index is 0.237. The molecule has 1 aromatic heterocycles. The fraction of sp³-hybridized carbons (Fsp3) is 0.500. The van der Waals surface area contributed by atoms with Crippen LogP contribution in [0.25, 0.3) is 0 Å². The third kappa shape index (κ3) is 1.98. The Morgan fingerprint density at radius 1 is 1.47 bits per heavy atom. The third-order valence-electron chi connectivity index (χ3n) is 2.45. The van der Waals surface area contributed by atoms with Gasteiger partial charge in [-0.3, -0.25) is 0 Å². The van der Waals surface area contributed by atoms with Crippen LogP contribution in [0.1, 0.15) is 23.8 Å². The second-order valence-electron chi connectivity index (χ2n) is 3.50. The quantitative estimate of drug-likeness (QED) is 0.836. The molecule has 0 bridgehead atoms. The summed E-state index contributed by atoms with van der Waals surface area (Å²) in [6, 6.07) is 1.63. The fourth-order valence-electron chi connectivity index (χ4n) is 1.67. The maximum Gasteiger partial charge on any atom is 0.160 e. The summed E-state index contributed by atoms with van der Waals surface area (Å²) in [7, 11) is -3.03. The Morgan fingerprint density at radius 3 is 2.73 bits per heavy atom. The molecule has 0 spiro atoms. The van der Waals surface area contributed by atoms with Crippen molar-refractivity contribution >= 4 is 31.6 Å². The van der Waals surface area contributed by atoms with Gasteiger partial charge in [-0.25, -0.2) is 8.42 Å². The first-order chi connectivity index (χ1) is 7.00. The van der Waals surface area contributed by atoms with Gasteiger partial charge in [0.25, 0.3) is 0 Å². The second-order valence-corrected chi connectivity index (χ2v) is 6.66. The molecule has 15 heavy (non-hydrogen) atoms. The van der Waals surface area contributed by atoms with Crippen molar-refractivity contribution in [2.75, 3.05) is 11.5 Å². The van der Waals surface area contributed by atoms with E-state index >= 15 is 0 Å². The summed E-state index contributed by atoms with van der Waals surface area (Å²) in [4.78, 5) is 0. The SMILES string of the molecule is Nc1nnc(C2CCCS2(=O)=O)cc1Br. The Bertz CT molecular complexity index is 489. The summed E-state index contributed by atoms with van der Waals surface area (Å²) in [6.07, 6.45) is 1.31. The molecule has 82 valence electrons. The van der Waals surface area contributed by atoms with Crippen molar-refractivity contribution in [3.63, 3.8) is 0 Å². The van der Waals surface area contributed by atoms with Crippen LogP contribution in [0.15, 0.2) is 10.5 Å². The highest BCUT2D eigenvalue weighted by molar-refractivity contribution is 9.10. The fourth-order valence-corrected chi connectivity index (χ4v) is 3.85. The predicted octanol–water partition coefficient (Wildman–Crippen LogP) is 1.07. The Morgan fingerprint density at radius 2 is 2.20 bits per heavy atom. The zero-order valence-corrected chi connectivity index (χ0v) is 10.3. The number of hydrogen-bond donors (Lipinski definition) is 1. The van der Waals surface area contributed by atoms with Crippen LogP contribution < -0.4 is 5.73 Å². The highest BCUT2D eigenvalue weighted by Crippen LogP contribution is 2.34. The molecule has 5 nitrogen and oxygen atoms in total. The van der Waals surface area contributed by atoms with Gasteiger partial charge in [-0.2, -0.15) is 5.10 Å². The maximum absolute atomic E-state index is 11.6. The number of anilines is 1. The van der Waals surface area contributed by atoms with E-state index in [1.807, 2.05) is 0 Å². The van der Waals surface area contributed by atoms with Crippen LogP contribution in [-0.2, 0) is 9.84 Å². The monoisotopic (exact) mass is 291 g/mol. The van der Waals surface area contributed by atoms with E-state index in [4.69, 9.17) is 5.73 Å². The zero-order valence-electron chi connectivity index (χ0n) is 7.85. The average molecular weight is 292 g/mol.